The van der Waals surface area contributed by atoms with Crippen molar-refractivity contribution in [3.05, 3.63) is 117 Å². The van der Waals surface area contributed by atoms with E-state index in [0.29, 0.717) is 23.0 Å². The van der Waals surface area contributed by atoms with E-state index >= 15 is 0 Å². The van der Waals surface area contributed by atoms with Gasteiger partial charge in [0.05, 0.1) is 26.4 Å². The number of rotatable bonds is 6. The molecule has 172 valence electrons. The Morgan fingerprint density at radius 1 is 0.618 bits per heavy atom. The van der Waals surface area contributed by atoms with E-state index in [1.807, 2.05) is 24.3 Å². The highest BCUT2D eigenvalue weighted by atomic mass is 16.5. The van der Waals surface area contributed by atoms with Crippen LogP contribution in [0.2, 0.25) is 0 Å². The van der Waals surface area contributed by atoms with Crippen molar-refractivity contribution in [3.63, 3.8) is 0 Å². The zero-order valence-corrected chi connectivity index (χ0v) is 18.6. The van der Waals surface area contributed by atoms with Crippen molar-refractivity contribution < 1.29 is 18.3 Å². The third-order valence-corrected chi connectivity index (χ3v) is 6.38. The molecule has 0 spiro atoms. The predicted octanol–water partition coefficient (Wildman–Crippen LogP) is 3.85. The molecule has 0 bridgehead atoms. The van der Waals surface area contributed by atoms with Crippen LogP contribution in [0.25, 0.3) is 0 Å². The van der Waals surface area contributed by atoms with Crippen LogP contribution in [0.1, 0.15) is 46.3 Å². The first-order chi connectivity index (χ1) is 16.6. The van der Waals surface area contributed by atoms with Crippen LogP contribution < -0.4 is 20.7 Å². The maximum atomic E-state index is 12.3. The van der Waals surface area contributed by atoms with Crippen molar-refractivity contribution in [3.8, 4) is 11.5 Å². The van der Waals surface area contributed by atoms with Gasteiger partial charge in [0, 0.05) is 60.6 Å². The average Bonchev–Trinajstić information content (AvgIpc) is 2.84. The molecule has 0 radical (unpaired) electrons. The molecule has 0 amide bonds. The lowest BCUT2D eigenvalue weighted by Crippen LogP contribution is -2.40. The molecule has 1 fully saturated rings. The Kier molecular flexibility index (Phi) is 5.71. The van der Waals surface area contributed by atoms with Gasteiger partial charge in [0.15, 0.2) is 0 Å². The highest BCUT2D eigenvalue weighted by molar-refractivity contribution is 5.45. The third-order valence-electron chi connectivity index (χ3n) is 6.38. The van der Waals surface area contributed by atoms with Gasteiger partial charge in [0.2, 0.25) is 0 Å². The summed E-state index contributed by atoms with van der Waals surface area (Å²) in [6.07, 6.45) is 6.93. The van der Waals surface area contributed by atoms with E-state index < -0.39 is 11.3 Å². The Hall–Kier alpha value is -4.20. The number of nitrogens with zero attached hydrogens (tertiary/aromatic N) is 2. The van der Waals surface area contributed by atoms with Gasteiger partial charge in [-0.2, -0.15) is 0 Å². The van der Waals surface area contributed by atoms with Crippen molar-refractivity contribution in [1.82, 2.24) is 9.97 Å². The van der Waals surface area contributed by atoms with Gasteiger partial charge in [-0.15, -0.1) is 0 Å². The zero-order chi connectivity index (χ0) is 23.7. The van der Waals surface area contributed by atoms with Gasteiger partial charge in [-0.1, -0.05) is 0 Å². The summed E-state index contributed by atoms with van der Waals surface area (Å²) in [5.41, 5.74) is 1.02. The summed E-state index contributed by atoms with van der Waals surface area (Å²) in [6.45, 7) is 0. The van der Waals surface area contributed by atoms with Gasteiger partial charge in [0.1, 0.15) is 23.0 Å². The topological polar surface area (TPSA) is 105 Å². The van der Waals surface area contributed by atoms with E-state index in [4.69, 9.17) is 18.3 Å². The van der Waals surface area contributed by atoms with Crippen LogP contribution in [0.3, 0.4) is 0 Å². The van der Waals surface area contributed by atoms with Crippen LogP contribution in [0, 0.1) is 0 Å². The average molecular weight is 458 g/mol. The number of aromatic nitrogens is 2. The Morgan fingerprint density at radius 3 is 1.35 bits per heavy atom. The van der Waals surface area contributed by atoms with Crippen LogP contribution in [-0.2, 0) is 0 Å². The fraction of sp³-hybridized carbons (Fsp3) is 0.231. The van der Waals surface area contributed by atoms with Gasteiger partial charge >= 0.3 is 11.3 Å². The Morgan fingerprint density at radius 2 is 1.00 bits per heavy atom. The third kappa shape index (κ3) is 3.87. The number of methoxy groups -OCH3 is 2. The molecule has 4 heterocycles. The first kappa shape index (κ1) is 21.6. The largest absolute Gasteiger partial charge is 0.496 e. The van der Waals surface area contributed by atoms with E-state index in [1.54, 1.807) is 36.9 Å². The summed E-state index contributed by atoms with van der Waals surface area (Å²) in [5, 5.41) is 0. The number of hydrogen-bond acceptors (Lipinski definition) is 8. The van der Waals surface area contributed by atoms with Gasteiger partial charge < -0.3 is 18.3 Å². The SMILES string of the molecule is COc1cc(C2C(c3ccncc3)C(c3ccncc3)C2c2cc(OC)cc(=O)o2)oc(=O)c1. The molecule has 0 aromatic carbocycles. The summed E-state index contributed by atoms with van der Waals surface area (Å²) in [6, 6.07) is 13.8. The van der Waals surface area contributed by atoms with Crippen molar-refractivity contribution in [2.75, 3.05) is 14.2 Å². The van der Waals surface area contributed by atoms with Crippen molar-refractivity contribution in [2.24, 2.45) is 0 Å². The van der Waals surface area contributed by atoms with E-state index in [0.717, 1.165) is 11.1 Å². The normalized spacial score (nSPS) is 21.5. The lowest BCUT2D eigenvalue weighted by atomic mass is 9.51. The quantitative estimate of drug-likeness (QED) is 0.429. The molecule has 1 saturated carbocycles. The minimum absolute atomic E-state index is 0.0952. The van der Waals surface area contributed by atoms with Crippen LogP contribution in [-0.4, -0.2) is 24.2 Å². The minimum atomic E-state index is -0.513. The van der Waals surface area contributed by atoms with Gasteiger partial charge in [0.25, 0.3) is 0 Å². The highest BCUT2D eigenvalue weighted by Crippen LogP contribution is 2.66. The maximum Gasteiger partial charge on any atom is 0.339 e. The summed E-state index contributed by atoms with van der Waals surface area (Å²) >= 11 is 0. The first-order valence-electron chi connectivity index (χ1n) is 10.8. The molecule has 0 aliphatic heterocycles. The van der Waals surface area contributed by atoms with Crippen LogP contribution in [0.15, 0.2) is 91.7 Å². The van der Waals surface area contributed by atoms with Crippen LogP contribution in [0.4, 0.5) is 0 Å². The highest BCUT2D eigenvalue weighted by Gasteiger charge is 2.55. The summed E-state index contributed by atoms with van der Waals surface area (Å²) in [5.74, 6) is 0.872. The fourth-order valence-corrected chi connectivity index (χ4v) is 4.97. The summed E-state index contributed by atoms with van der Waals surface area (Å²) in [4.78, 5) is 33.0. The molecule has 8 heteroatoms. The molecule has 1 aliphatic rings. The maximum absolute atomic E-state index is 12.3. The summed E-state index contributed by atoms with van der Waals surface area (Å²) in [7, 11) is 3.00. The Balaban J connectivity index is 1.74. The molecule has 8 nitrogen and oxygen atoms in total. The van der Waals surface area contributed by atoms with E-state index in [2.05, 4.69) is 9.97 Å². The molecule has 5 rings (SSSR count). The fourth-order valence-electron chi connectivity index (χ4n) is 4.97. The molecule has 1 aliphatic carbocycles. The lowest BCUT2D eigenvalue weighted by Gasteiger charge is -2.51. The Labute approximate surface area is 194 Å². The van der Waals surface area contributed by atoms with Crippen molar-refractivity contribution in [2.45, 2.75) is 23.7 Å². The molecule has 0 N–H and O–H groups in total. The standard InChI is InChI=1S/C26H22N2O6/c1-31-17-11-19(33-21(29)13-17)25-23(15-3-7-27-8-4-15)24(16-5-9-28-10-6-16)26(25)20-12-18(32-2)14-22(30)34-20/h3-14,23-26H,1-2H3. The van der Waals surface area contributed by atoms with E-state index in [-0.39, 0.29) is 23.7 Å². The molecular formula is C26H22N2O6. The number of ether oxygens (including phenoxy) is 2. The molecule has 34 heavy (non-hydrogen) atoms. The lowest BCUT2D eigenvalue weighted by molar-refractivity contribution is 0.166. The molecule has 4 aromatic rings. The second-order valence-corrected chi connectivity index (χ2v) is 8.10. The van der Waals surface area contributed by atoms with Gasteiger partial charge in [-0.3, -0.25) is 9.97 Å². The number of hydrogen-bond donors (Lipinski definition) is 0. The van der Waals surface area contributed by atoms with E-state index in [9.17, 15) is 9.59 Å². The van der Waals surface area contributed by atoms with Gasteiger partial charge in [-0.25, -0.2) is 9.59 Å². The first-order valence-corrected chi connectivity index (χ1v) is 10.8. The van der Waals surface area contributed by atoms with Crippen molar-refractivity contribution >= 4 is 0 Å². The second-order valence-electron chi connectivity index (χ2n) is 8.10. The molecule has 4 unspecified atom stereocenters. The van der Waals surface area contributed by atoms with Crippen LogP contribution >= 0.6 is 0 Å². The molecule has 4 atom stereocenters. The zero-order valence-electron chi connectivity index (χ0n) is 18.6. The van der Waals surface area contributed by atoms with Crippen molar-refractivity contribution in [1.29, 1.82) is 0 Å². The Bertz CT molecular complexity index is 1290. The second kappa shape index (κ2) is 8.97. The predicted molar refractivity (Wildman–Crippen MR) is 122 cm³/mol. The smallest absolute Gasteiger partial charge is 0.339 e. The number of pyridine rings is 2. The monoisotopic (exact) mass is 458 g/mol. The van der Waals surface area contributed by atoms with E-state index in [1.165, 1.54) is 26.4 Å². The summed E-state index contributed by atoms with van der Waals surface area (Å²) < 4.78 is 22.0. The molecule has 4 aromatic heterocycles. The van der Waals surface area contributed by atoms with Crippen LogP contribution in [0.5, 0.6) is 11.5 Å². The molecule has 0 saturated heterocycles. The minimum Gasteiger partial charge on any atom is -0.496 e. The molecular weight excluding hydrogens is 436 g/mol. The van der Waals surface area contributed by atoms with Gasteiger partial charge in [-0.05, 0) is 35.4 Å².